The van der Waals surface area contributed by atoms with Gasteiger partial charge in [0.25, 0.3) is 5.91 Å². The third-order valence-electron chi connectivity index (χ3n) is 5.56. The normalized spacial score (nSPS) is 15.6. The van der Waals surface area contributed by atoms with Crippen molar-refractivity contribution < 1.29 is 37.7 Å². The Morgan fingerprint density at radius 2 is 1.81 bits per heavy atom. The summed E-state index contributed by atoms with van der Waals surface area (Å²) in [7, 11) is -1.70. The van der Waals surface area contributed by atoms with Gasteiger partial charge >= 0.3 is 12.1 Å². The quantitative estimate of drug-likeness (QED) is 0.524. The van der Waals surface area contributed by atoms with Gasteiger partial charge in [0, 0.05) is 12.2 Å². The lowest BCUT2D eigenvalue weighted by Crippen LogP contribution is -2.45. The van der Waals surface area contributed by atoms with Crippen LogP contribution in [0.3, 0.4) is 0 Å². The fourth-order valence-electron chi connectivity index (χ4n) is 4.08. The van der Waals surface area contributed by atoms with Crippen molar-refractivity contribution in [1.29, 1.82) is 0 Å². The minimum absolute atomic E-state index is 0.0180. The number of carboxylic acids is 1. The van der Waals surface area contributed by atoms with Gasteiger partial charge in [-0.2, -0.15) is 0 Å². The van der Waals surface area contributed by atoms with Crippen LogP contribution in [-0.2, 0) is 20.7 Å². The summed E-state index contributed by atoms with van der Waals surface area (Å²) in [4.78, 5) is 38.1. The number of hydrogen-bond acceptors (Lipinski definition) is 5. The molecule has 8 nitrogen and oxygen atoms in total. The molecule has 0 radical (unpaired) electrons. The second kappa shape index (κ2) is 11.2. The number of fused-ring (bicyclic) bond motifs is 1. The molecule has 3 rings (SSSR count). The molecule has 1 aliphatic heterocycles. The first-order valence-electron chi connectivity index (χ1n) is 11.3. The lowest BCUT2D eigenvalue weighted by atomic mass is 9.92. The molecule has 2 aromatic carbocycles. The first-order valence-corrected chi connectivity index (χ1v) is 14.2. The third-order valence-corrected chi connectivity index (χ3v) is 7.17. The zero-order valence-corrected chi connectivity index (χ0v) is 21.4. The molecule has 2 amide bonds. The molecule has 0 spiro atoms. The summed E-state index contributed by atoms with van der Waals surface area (Å²) in [5.41, 5.74) is 1.20. The van der Waals surface area contributed by atoms with Crippen molar-refractivity contribution >= 4 is 33.7 Å². The average molecular weight is 525 g/mol. The van der Waals surface area contributed by atoms with E-state index in [0.29, 0.717) is 24.3 Å². The van der Waals surface area contributed by atoms with Crippen molar-refractivity contribution in [2.45, 2.75) is 30.7 Å². The van der Waals surface area contributed by atoms with Gasteiger partial charge in [0.1, 0.15) is 30.0 Å². The van der Waals surface area contributed by atoms with E-state index in [0.717, 1.165) is 17.7 Å². The Hall–Kier alpha value is -3.34. The highest BCUT2D eigenvalue weighted by Crippen LogP contribution is 2.48. The number of carbonyl (C=O) groups is 3. The van der Waals surface area contributed by atoms with Gasteiger partial charge in [0.05, 0.1) is 17.9 Å². The molecule has 0 fully saturated rings. The van der Waals surface area contributed by atoms with Gasteiger partial charge in [-0.25, -0.2) is 23.6 Å². The molecule has 1 aliphatic rings. The van der Waals surface area contributed by atoms with E-state index in [1.807, 2.05) is 6.92 Å². The van der Waals surface area contributed by atoms with Crippen LogP contribution in [-0.4, -0.2) is 66.5 Å². The summed E-state index contributed by atoms with van der Waals surface area (Å²) in [5, 5.41) is 11.3. The van der Waals surface area contributed by atoms with Crippen LogP contribution in [0.1, 0.15) is 30.5 Å². The zero-order valence-electron chi connectivity index (χ0n) is 20.6. The number of hydrogen-bond donors (Lipinski definition) is 2. The lowest BCUT2D eigenvalue weighted by molar-refractivity contribution is -0.138. The Bertz CT molecular complexity index is 1140. The number of nitrogens with one attached hydrogen (secondary N) is 1. The second-order valence-corrected chi connectivity index (χ2v) is 13.1. The minimum atomic E-state index is -1.70. The Morgan fingerprint density at radius 1 is 1.14 bits per heavy atom. The number of nitrogens with zero attached hydrogens (tertiary/aromatic N) is 1. The molecule has 36 heavy (non-hydrogen) atoms. The number of anilines is 1. The number of aliphatic carboxylic acids is 1. The van der Waals surface area contributed by atoms with E-state index >= 15 is 0 Å². The zero-order chi connectivity index (χ0) is 26.6. The van der Waals surface area contributed by atoms with E-state index in [4.69, 9.17) is 14.6 Å². The van der Waals surface area contributed by atoms with Crippen molar-refractivity contribution in [2.75, 3.05) is 43.8 Å². The maximum Gasteiger partial charge on any atom is 0.410 e. The third kappa shape index (κ3) is 6.26. The largest absolute Gasteiger partial charge is 0.494 e. The molecule has 0 bridgehead atoms. The lowest BCUT2D eigenvalue weighted by Gasteiger charge is -2.35. The van der Waals surface area contributed by atoms with Crippen LogP contribution in [0.4, 0.5) is 19.3 Å². The number of rotatable bonds is 8. The smallest absolute Gasteiger partial charge is 0.410 e. The molecule has 2 N–H and O–H groups in total. The van der Waals surface area contributed by atoms with Crippen LogP contribution in [0.25, 0.3) is 0 Å². The number of carboxylic acid groups (broad SMARTS) is 1. The Balaban J connectivity index is 1.93. The fraction of sp³-hybridized carbons (Fsp3) is 0.400. The SMILES string of the molecule is CCOc1ccc2c(c1)CCN(C(=O)OCCC(=O)O)[C@H]2C(=O)Nc1cc(F)c(S(C)(C)C)c(F)c1. The topological polar surface area (TPSA) is 105 Å². The molecule has 0 saturated heterocycles. The molecular formula is C25H30F2N2O6S. The molecule has 0 unspecified atom stereocenters. The van der Waals surface area contributed by atoms with Crippen molar-refractivity contribution in [3.63, 3.8) is 0 Å². The Kier molecular flexibility index (Phi) is 8.44. The molecule has 196 valence electrons. The second-order valence-electron chi connectivity index (χ2n) is 8.99. The van der Waals surface area contributed by atoms with E-state index in [2.05, 4.69) is 5.32 Å². The standard InChI is InChI=1S/C25H30F2N2O6S/c1-5-34-17-6-7-18-15(12-17)8-10-29(25(33)35-11-9-21(30)31)22(18)24(32)28-16-13-19(26)23(20(27)14-16)36(2,3)4/h6-7,12-14,22H,5,8-11H2,1-4H3,(H,28,32)(H,30,31)/t22-/m1/s1. The van der Waals surface area contributed by atoms with Gasteiger partial charge in [0.2, 0.25) is 0 Å². The van der Waals surface area contributed by atoms with Crippen molar-refractivity contribution in [2.24, 2.45) is 0 Å². The summed E-state index contributed by atoms with van der Waals surface area (Å²) in [5.74, 6) is -2.73. The van der Waals surface area contributed by atoms with Gasteiger partial charge < -0.3 is 19.9 Å². The number of benzene rings is 2. The molecule has 1 atom stereocenters. The van der Waals surface area contributed by atoms with Gasteiger partial charge in [-0.15, -0.1) is 0 Å². The molecule has 0 aliphatic carbocycles. The Labute approximate surface area is 209 Å². The number of halogens is 2. The van der Waals surface area contributed by atoms with Crippen LogP contribution in [0.5, 0.6) is 5.75 Å². The summed E-state index contributed by atoms with van der Waals surface area (Å²) >= 11 is 0. The van der Waals surface area contributed by atoms with E-state index < -0.39 is 45.7 Å². The van der Waals surface area contributed by atoms with E-state index in [-0.39, 0.29) is 30.2 Å². The highest BCUT2D eigenvalue weighted by atomic mass is 32.3. The van der Waals surface area contributed by atoms with Crippen LogP contribution in [0.15, 0.2) is 35.2 Å². The minimum Gasteiger partial charge on any atom is -0.494 e. The van der Waals surface area contributed by atoms with Gasteiger partial charge in [-0.3, -0.25) is 14.5 Å². The van der Waals surface area contributed by atoms with E-state index in [9.17, 15) is 23.2 Å². The van der Waals surface area contributed by atoms with Crippen LogP contribution in [0.2, 0.25) is 0 Å². The first-order chi connectivity index (χ1) is 16.9. The summed E-state index contributed by atoms with van der Waals surface area (Å²) < 4.78 is 40.1. The Morgan fingerprint density at radius 3 is 2.39 bits per heavy atom. The molecule has 2 aromatic rings. The monoisotopic (exact) mass is 524 g/mol. The highest BCUT2D eigenvalue weighted by molar-refractivity contribution is 8.32. The number of carbonyl (C=O) groups excluding carboxylic acids is 2. The molecule has 11 heteroatoms. The molecule has 0 saturated carbocycles. The molecular weight excluding hydrogens is 494 g/mol. The maximum atomic E-state index is 14.7. The van der Waals surface area contributed by atoms with E-state index in [1.54, 1.807) is 37.0 Å². The van der Waals surface area contributed by atoms with Crippen molar-refractivity contribution in [3.05, 3.63) is 53.1 Å². The van der Waals surface area contributed by atoms with E-state index in [1.165, 1.54) is 4.90 Å². The van der Waals surface area contributed by atoms with Crippen LogP contribution >= 0.6 is 10.0 Å². The number of amides is 2. The number of ether oxygens (including phenoxy) is 2. The fourth-order valence-corrected chi connectivity index (χ4v) is 5.36. The van der Waals surface area contributed by atoms with Gasteiger partial charge in [-0.05, 0) is 67.5 Å². The van der Waals surface area contributed by atoms with Crippen LogP contribution in [0, 0.1) is 11.6 Å². The maximum absolute atomic E-state index is 14.7. The van der Waals surface area contributed by atoms with Crippen molar-refractivity contribution in [1.82, 2.24) is 4.90 Å². The molecule has 0 aromatic heterocycles. The summed E-state index contributed by atoms with van der Waals surface area (Å²) in [6.07, 6.45) is 4.44. The van der Waals surface area contributed by atoms with Crippen LogP contribution < -0.4 is 10.1 Å². The van der Waals surface area contributed by atoms with Gasteiger partial charge in [-0.1, -0.05) is 6.07 Å². The predicted molar refractivity (Wildman–Crippen MR) is 133 cm³/mol. The summed E-state index contributed by atoms with van der Waals surface area (Å²) in [6.45, 7) is 2.05. The highest BCUT2D eigenvalue weighted by Gasteiger charge is 2.37. The van der Waals surface area contributed by atoms with Gasteiger partial charge in [0.15, 0.2) is 0 Å². The van der Waals surface area contributed by atoms with Crippen molar-refractivity contribution in [3.8, 4) is 5.75 Å². The molecule has 1 heterocycles. The predicted octanol–water partition coefficient (Wildman–Crippen LogP) is 4.57. The average Bonchev–Trinajstić information content (AvgIpc) is 2.76. The summed E-state index contributed by atoms with van der Waals surface area (Å²) in [6, 6.07) is 6.07. The first kappa shape index (κ1) is 27.3.